The Hall–Kier alpha value is -1.63. The summed E-state index contributed by atoms with van der Waals surface area (Å²) in [5.41, 5.74) is 0.965. The van der Waals surface area contributed by atoms with Gasteiger partial charge in [0, 0.05) is 30.7 Å². The molecular formula is C19H28N2O4. The molecular weight excluding hydrogens is 320 g/mol. The van der Waals surface area contributed by atoms with Gasteiger partial charge in [-0.05, 0) is 31.9 Å². The molecule has 25 heavy (non-hydrogen) atoms. The molecule has 2 heterocycles. The lowest BCUT2D eigenvalue weighted by Gasteiger charge is -2.36. The first-order valence-electron chi connectivity index (χ1n) is 9.07. The average molecular weight is 348 g/mol. The van der Waals surface area contributed by atoms with Crippen molar-refractivity contribution in [3.05, 3.63) is 29.8 Å². The highest BCUT2D eigenvalue weighted by Gasteiger charge is 2.38. The number of nitrogens with one attached hydrogen (secondary N) is 1. The number of benzene rings is 1. The average Bonchev–Trinajstić information content (AvgIpc) is 3.08. The van der Waals surface area contributed by atoms with Gasteiger partial charge in [0.05, 0.1) is 26.4 Å². The lowest BCUT2D eigenvalue weighted by Crippen LogP contribution is -2.48. The minimum Gasteiger partial charge on any atom is -0.496 e. The molecule has 138 valence electrons. The number of amides is 1. The van der Waals surface area contributed by atoms with Gasteiger partial charge in [0.2, 0.25) is 5.91 Å². The molecule has 1 aromatic rings. The zero-order valence-corrected chi connectivity index (χ0v) is 14.8. The monoisotopic (exact) mass is 348 g/mol. The van der Waals surface area contributed by atoms with Gasteiger partial charge in [-0.25, -0.2) is 0 Å². The number of hydrogen-bond acceptors (Lipinski definition) is 5. The minimum atomic E-state index is -0.323. The van der Waals surface area contributed by atoms with Crippen LogP contribution < -0.4 is 10.1 Å². The van der Waals surface area contributed by atoms with E-state index in [4.69, 9.17) is 9.47 Å². The summed E-state index contributed by atoms with van der Waals surface area (Å²) in [5.74, 6) is 0.895. The van der Waals surface area contributed by atoms with Crippen LogP contribution in [-0.4, -0.2) is 61.5 Å². The van der Waals surface area contributed by atoms with Gasteiger partial charge in [0.15, 0.2) is 0 Å². The third-order valence-electron chi connectivity index (χ3n) is 5.29. The Balaban J connectivity index is 1.53. The number of nitrogens with zero attached hydrogens (tertiary/aromatic N) is 1. The Morgan fingerprint density at radius 1 is 1.40 bits per heavy atom. The van der Waals surface area contributed by atoms with Crippen molar-refractivity contribution in [2.45, 2.75) is 38.0 Å². The summed E-state index contributed by atoms with van der Waals surface area (Å²) in [6, 6.07) is 7.92. The first kappa shape index (κ1) is 18.2. The van der Waals surface area contributed by atoms with E-state index in [0.717, 1.165) is 30.7 Å². The molecule has 0 unspecified atom stereocenters. The number of aliphatic hydroxyl groups excluding tert-OH is 1. The van der Waals surface area contributed by atoms with Crippen molar-refractivity contribution in [3.8, 4) is 5.75 Å². The van der Waals surface area contributed by atoms with Crippen molar-refractivity contribution in [1.29, 1.82) is 0 Å². The van der Waals surface area contributed by atoms with E-state index < -0.39 is 0 Å². The van der Waals surface area contributed by atoms with E-state index in [9.17, 15) is 9.90 Å². The number of ether oxygens (including phenoxy) is 2. The maximum absolute atomic E-state index is 12.4. The van der Waals surface area contributed by atoms with E-state index in [1.165, 1.54) is 0 Å². The molecule has 0 radical (unpaired) electrons. The molecule has 2 N–H and O–H groups in total. The highest BCUT2D eigenvalue weighted by molar-refractivity contribution is 5.78. The van der Waals surface area contributed by atoms with Crippen molar-refractivity contribution in [2.24, 2.45) is 5.92 Å². The third-order valence-corrected chi connectivity index (χ3v) is 5.29. The first-order valence-corrected chi connectivity index (χ1v) is 9.07. The van der Waals surface area contributed by atoms with Crippen molar-refractivity contribution in [3.63, 3.8) is 0 Å². The normalized spacial score (nSPS) is 27.2. The highest BCUT2D eigenvalue weighted by Crippen LogP contribution is 2.29. The van der Waals surface area contributed by atoms with E-state index in [-0.39, 0.29) is 24.0 Å². The van der Waals surface area contributed by atoms with Crippen LogP contribution in [0, 0.1) is 5.92 Å². The summed E-state index contributed by atoms with van der Waals surface area (Å²) >= 11 is 0. The predicted octanol–water partition coefficient (Wildman–Crippen LogP) is 1.17. The molecule has 0 aliphatic carbocycles. The van der Waals surface area contributed by atoms with Gasteiger partial charge in [-0.3, -0.25) is 9.69 Å². The van der Waals surface area contributed by atoms with Crippen LogP contribution in [0.15, 0.2) is 24.3 Å². The first-order chi connectivity index (χ1) is 12.2. The van der Waals surface area contributed by atoms with E-state index >= 15 is 0 Å². The third kappa shape index (κ3) is 4.51. The second kappa shape index (κ2) is 8.65. The van der Waals surface area contributed by atoms with Crippen LogP contribution >= 0.6 is 0 Å². The van der Waals surface area contributed by atoms with Gasteiger partial charge < -0.3 is 19.9 Å². The zero-order chi connectivity index (χ0) is 17.6. The second-order valence-corrected chi connectivity index (χ2v) is 6.86. The van der Waals surface area contributed by atoms with Crippen molar-refractivity contribution in [2.75, 3.05) is 33.4 Å². The summed E-state index contributed by atoms with van der Waals surface area (Å²) < 4.78 is 10.9. The molecule has 6 heteroatoms. The molecule has 1 aromatic carbocycles. The smallest absolute Gasteiger partial charge is 0.234 e. The van der Waals surface area contributed by atoms with Gasteiger partial charge in [0.25, 0.3) is 0 Å². The van der Waals surface area contributed by atoms with Gasteiger partial charge in [-0.2, -0.15) is 0 Å². The van der Waals surface area contributed by atoms with Crippen molar-refractivity contribution < 1.29 is 19.4 Å². The number of carbonyl (C=O) groups is 1. The van der Waals surface area contributed by atoms with E-state index in [0.29, 0.717) is 32.7 Å². The van der Waals surface area contributed by atoms with E-state index in [1.807, 2.05) is 24.3 Å². The van der Waals surface area contributed by atoms with Crippen LogP contribution in [0.1, 0.15) is 24.8 Å². The van der Waals surface area contributed by atoms with Crippen LogP contribution in [0.3, 0.4) is 0 Å². The molecule has 0 saturated carbocycles. The van der Waals surface area contributed by atoms with E-state index in [2.05, 4.69) is 10.2 Å². The Morgan fingerprint density at radius 2 is 2.24 bits per heavy atom. The Morgan fingerprint density at radius 3 is 3.04 bits per heavy atom. The largest absolute Gasteiger partial charge is 0.496 e. The number of likely N-dealkylation sites (tertiary alicyclic amines) is 1. The van der Waals surface area contributed by atoms with Gasteiger partial charge >= 0.3 is 0 Å². The number of carbonyl (C=O) groups excluding carboxylic acids is 1. The summed E-state index contributed by atoms with van der Waals surface area (Å²) in [6.45, 7) is 2.93. The molecule has 2 aliphatic heterocycles. The number of methoxy groups -OCH3 is 1. The molecule has 3 atom stereocenters. The Bertz CT molecular complexity index is 580. The van der Waals surface area contributed by atoms with Crippen LogP contribution in [0.2, 0.25) is 0 Å². The van der Waals surface area contributed by atoms with Gasteiger partial charge in [0.1, 0.15) is 5.75 Å². The molecule has 2 aliphatic rings. The fourth-order valence-electron chi connectivity index (χ4n) is 3.93. The lowest BCUT2D eigenvalue weighted by molar-refractivity contribution is -0.124. The highest BCUT2D eigenvalue weighted by atomic mass is 16.5. The molecule has 6 nitrogen and oxygen atoms in total. The summed E-state index contributed by atoms with van der Waals surface area (Å²) in [7, 11) is 1.63. The summed E-state index contributed by atoms with van der Waals surface area (Å²) in [5, 5.41) is 13.3. The number of hydrogen-bond donors (Lipinski definition) is 2. The fraction of sp³-hybridized carbons (Fsp3) is 0.632. The Labute approximate surface area is 149 Å². The lowest BCUT2D eigenvalue weighted by atomic mass is 9.89. The van der Waals surface area contributed by atoms with Gasteiger partial charge in [-0.15, -0.1) is 0 Å². The number of rotatable bonds is 6. The molecule has 0 spiro atoms. The zero-order valence-electron chi connectivity index (χ0n) is 14.8. The van der Waals surface area contributed by atoms with Crippen LogP contribution in [0.25, 0.3) is 0 Å². The summed E-state index contributed by atoms with van der Waals surface area (Å²) in [4.78, 5) is 14.6. The topological polar surface area (TPSA) is 71.0 Å². The predicted molar refractivity (Wildman–Crippen MR) is 94.4 cm³/mol. The second-order valence-electron chi connectivity index (χ2n) is 6.86. The molecule has 2 fully saturated rings. The molecule has 3 rings (SSSR count). The summed E-state index contributed by atoms with van der Waals surface area (Å²) in [6.07, 6.45) is 2.45. The Kier molecular flexibility index (Phi) is 6.29. The standard InChI is InChI=1S/C19H28N2O4/c1-24-18-7-3-2-5-14(18)11-20-19(23)12-21-9-4-6-16(21)15-13-25-10-8-17(15)22/h2-3,5,7,15-17,22H,4,6,8-13H2,1H3,(H,20,23)/t15-,16-,17-/m1/s1. The number of para-hydroxylation sites is 1. The fourth-order valence-corrected chi connectivity index (χ4v) is 3.93. The maximum Gasteiger partial charge on any atom is 0.234 e. The maximum atomic E-state index is 12.4. The molecule has 1 amide bonds. The van der Waals surface area contributed by atoms with Gasteiger partial charge in [-0.1, -0.05) is 18.2 Å². The molecule has 2 saturated heterocycles. The van der Waals surface area contributed by atoms with Crippen LogP contribution in [-0.2, 0) is 16.1 Å². The van der Waals surface area contributed by atoms with Crippen molar-refractivity contribution in [1.82, 2.24) is 10.2 Å². The van der Waals surface area contributed by atoms with Crippen molar-refractivity contribution >= 4 is 5.91 Å². The van der Waals surface area contributed by atoms with Crippen LogP contribution in [0.5, 0.6) is 5.75 Å². The quantitative estimate of drug-likeness (QED) is 0.808. The molecule has 0 bridgehead atoms. The minimum absolute atomic E-state index is 0.00373. The number of aliphatic hydroxyl groups is 1. The van der Waals surface area contributed by atoms with Crippen LogP contribution in [0.4, 0.5) is 0 Å². The molecule has 0 aromatic heterocycles. The SMILES string of the molecule is COc1ccccc1CNC(=O)CN1CCC[C@@H]1[C@H]1COCC[C@H]1O. The van der Waals surface area contributed by atoms with E-state index in [1.54, 1.807) is 7.11 Å².